The van der Waals surface area contributed by atoms with E-state index in [2.05, 4.69) is 27.3 Å². The number of hydrogen-bond donors (Lipinski definition) is 1. The van der Waals surface area contributed by atoms with Crippen LogP contribution in [0.2, 0.25) is 0 Å². The number of rotatable bonds is 8. The molecule has 0 radical (unpaired) electrons. The Labute approximate surface area is 188 Å². The normalized spacial score (nSPS) is 11.9. The lowest BCUT2D eigenvalue weighted by molar-refractivity contribution is -0.149. The highest BCUT2D eigenvalue weighted by Gasteiger charge is 2.45. The minimum absolute atomic E-state index is 0.000889. The number of carbonyl (C=O) groups excluding carboxylic acids is 2. The molecule has 0 bridgehead atoms. The van der Waals surface area contributed by atoms with E-state index in [0.29, 0.717) is 9.13 Å². The van der Waals surface area contributed by atoms with Crippen molar-refractivity contribution in [3.8, 4) is 0 Å². The first-order chi connectivity index (χ1) is 11.9. The van der Waals surface area contributed by atoms with Crippen LogP contribution in [0, 0.1) is 10.7 Å². The molecule has 1 rings (SSSR count). The van der Waals surface area contributed by atoms with Crippen LogP contribution in [0.4, 0.5) is 8.78 Å². The van der Waals surface area contributed by atoms with Crippen molar-refractivity contribution in [3.05, 3.63) is 28.4 Å². The Bertz CT molecular complexity index is 799. The Balaban J connectivity index is 2.45. The van der Waals surface area contributed by atoms with E-state index in [1.165, 1.54) is 0 Å². The molecule has 0 saturated heterocycles. The van der Waals surface area contributed by atoms with Gasteiger partial charge in [-0.15, -0.1) is 0 Å². The Morgan fingerprint density at radius 2 is 1.69 bits per heavy atom. The van der Waals surface area contributed by atoms with Crippen LogP contribution < -0.4 is 0 Å². The van der Waals surface area contributed by atoms with E-state index in [1.807, 2.05) is 51.2 Å². The highest BCUT2D eigenvalue weighted by atomic mass is 127. The van der Waals surface area contributed by atoms with Crippen LogP contribution in [0.25, 0.3) is 0 Å². The molecule has 0 aromatic heterocycles. The van der Waals surface area contributed by atoms with E-state index in [-0.39, 0.29) is 19.4 Å². The summed E-state index contributed by atoms with van der Waals surface area (Å²) in [5.74, 6) is -1.69. The van der Waals surface area contributed by atoms with Gasteiger partial charge in [0.25, 0.3) is 0 Å². The predicted octanol–water partition coefficient (Wildman–Crippen LogP) is 3.46. The van der Waals surface area contributed by atoms with E-state index in [1.54, 1.807) is 6.07 Å². The van der Waals surface area contributed by atoms with Gasteiger partial charge in [0.1, 0.15) is 0 Å². The molecule has 0 aliphatic heterocycles. The van der Waals surface area contributed by atoms with E-state index >= 15 is 0 Å². The van der Waals surface area contributed by atoms with E-state index in [9.17, 15) is 26.8 Å². The third-order valence-corrected chi connectivity index (χ3v) is 7.61. The van der Waals surface area contributed by atoms with Gasteiger partial charge < -0.3 is 9.47 Å². The second-order valence-electron chi connectivity index (χ2n) is 4.73. The molecule has 26 heavy (non-hydrogen) atoms. The SMILES string of the molecule is O=C(CCCOC(=O)c1c(I)ccc(I)c1I)OCC(F)(F)S(=O)(=O)O. The number of carbonyl (C=O) groups is 2. The number of ether oxygens (including phenoxy) is 2. The highest BCUT2D eigenvalue weighted by molar-refractivity contribution is 14.1. The fourth-order valence-electron chi connectivity index (χ4n) is 1.48. The summed E-state index contributed by atoms with van der Waals surface area (Å²) in [5, 5.41) is -4.58. The van der Waals surface area contributed by atoms with Crippen LogP contribution in [-0.2, 0) is 24.4 Å². The molecule has 0 aliphatic rings. The molecule has 0 saturated carbocycles. The van der Waals surface area contributed by atoms with Crippen LogP contribution in [0.3, 0.4) is 0 Å². The second-order valence-corrected chi connectivity index (χ2v) is 9.68. The van der Waals surface area contributed by atoms with Crippen molar-refractivity contribution in [2.45, 2.75) is 18.1 Å². The van der Waals surface area contributed by atoms with Crippen molar-refractivity contribution in [1.82, 2.24) is 0 Å². The van der Waals surface area contributed by atoms with E-state index < -0.39 is 33.9 Å². The number of esters is 2. The lowest BCUT2D eigenvalue weighted by atomic mass is 10.2. The summed E-state index contributed by atoms with van der Waals surface area (Å²) >= 11 is 6.08. The molecule has 1 N–H and O–H groups in total. The van der Waals surface area contributed by atoms with Crippen molar-refractivity contribution < 1.29 is 40.8 Å². The largest absolute Gasteiger partial charge is 0.462 e. The van der Waals surface area contributed by atoms with Crippen molar-refractivity contribution in [2.75, 3.05) is 13.2 Å². The molecule has 0 amide bonds. The molecule has 13 heteroatoms. The van der Waals surface area contributed by atoms with Crippen LogP contribution in [0.5, 0.6) is 0 Å². The van der Waals surface area contributed by atoms with Crippen LogP contribution >= 0.6 is 67.8 Å². The second kappa shape index (κ2) is 10.1. The number of hydrogen-bond acceptors (Lipinski definition) is 6. The van der Waals surface area contributed by atoms with Gasteiger partial charge in [-0.05, 0) is 86.3 Å². The summed E-state index contributed by atoms with van der Waals surface area (Å²) in [5.41, 5.74) is 0.397. The summed E-state index contributed by atoms with van der Waals surface area (Å²) in [6, 6.07) is 3.60. The molecule has 0 atom stereocenters. The maximum absolute atomic E-state index is 12.9. The van der Waals surface area contributed by atoms with Crippen LogP contribution in [-0.4, -0.2) is 43.4 Å². The summed E-state index contributed by atoms with van der Waals surface area (Å²) in [7, 11) is -5.66. The Morgan fingerprint density at radius 1 is 1.12 bits per heavy atom. The number of alkyl halides is 2. The highest BCUT2D eigenvalue weighted by Crippen LogP contribution is 2.25. The molecular formula is C13H11F2I3O7S. The molecular weight excluding hydrogens is 719 g/mol. The number of halogens is 5. The van der Waals surface area contributed by atoms with E-state index in [0.717, 1.165) is 7.14 Å². The monoisotopic (exact) mass is 730 g/mol. The molecule has 146 valence electrons. The van der Waals surface area contributed by atoms with Gasteiger partial charge in [0.15, 0.2) is 6.61 Å². The zero-order valence-corrected chi connectivity index (χ0v) is 20.0. The van der Waals surface area contributed by atoms with Crippen LogP contribution in [0.1, 0.15) is 23.2 Å². The number of benzene rings is 1. The smallest absolute Gasteiger partial charge is 0.402 e. The first-order valence-electron chi connectivity index (χ1n) is 6.68. The lowest BCUT2D eigenvalue weighted by Crippen LogP contribution is -2.34. The van der Waals surface area contributed by atoms with Gasteiger partial charge in [0, 0.05) is 17.1 Å². The van der Waals surface area contributed by atoms with Crippen molar-refractivity contribution in [2.24, 2.45) is 0 Å². The van der Waals surface area contributed by atoms with Gasteiger partial charge in [-0.3, -0.25) is 9.35 Å². The van der Waals surface area contributed by atoms with Crippen molar-refractivity contribution in [1.29, 1.82) is 0 Å². The summed E-state index contributed by atoms with van der Waals surface area (Å²) < 4.78 is 66.3. The Morgan fingerprint density at radius 3 is 2.27 bits per heavy atom. The minimum Gasteiger partial charge on any atom is -0.462 e. The van der Waals surface area contributed by atoms with Gasteiger partial charge in [-0.1, -0.05) is 0 Å². The predicted molar refractivity (Wildman–Crippen MR) is 112 cm³/mol. The van der Waals surface area contributed by atoms with Crippen molar-refractivity contribution in [3.63, 3.8) is 0 Å². The Hall–Kier alpha value is 0.120. The van der Waals surface area contributed by atoms with Gasteiger partial charge in [0.2, 0.25) is 0 Å². The third-order valence-electron chi connectivity index (χ3n) is 2.79. The standard InChI is InChI=1S/C13H11F2I3O7S/c14-13(15,26(21,22)23)6-25-9(19)2-1-5-24-12(20)10-7(16)3-4-8(17)11(10)18/h3-4H,1-2,5-6H2,(H,21,22,23). The zero-order valence-electron chi connectivity index (χ0n) is 12.7. The maximum Gasteiger partial charge on any atom is 0.402 e. The maximum atomic E-state index is 12.9. The molecule has 0 fully saturated rings. The molecule has 0 heterocycles. The zero-order chi connectivity index (χ0) is 20.1. The van der Waals surface area contributed by atoms with Gasteiger partial charge in [0.05, 0.1) is 12.2 Å². The molecule has 0 spiro atoms. The molecule has 0 unspecified atom stereocenters. The molecule has 1 aromatic rings. The summed E-state index contributed by atoms with van der Waals surface area (Å²) in [4.78, 5) is 23.4. The minimum atomic E-state index is -5.66. The van der Waals surface area contributed by atoms with Gasteiger partial charge in [-0.2, -0.15) is 17.2 Å². The average Bonchev–Trinajstić information content (AvgIpc) is 2.52. The third kappa shape index (κ3) is 6.93. The van der Waals surface area contributed by atoms with Crippen LogP contribution in [0.15, 0.2) is 12.1 Å². The summed E-state index contributed by atoms with van der Waals surface area (Å²) in [6.07, 6.45) is -0.367. The molecule has 0 aliphatic carbocycles. The first kappa shape index (κ1) is 24.2. The topological polar surface area (TPSA) is 107 Å². The van der Waals surface area contributed by atoms with E-state index in [4.69, 9.17) is 9.29 Å². The fraction of sp³-hybridized carbons (Fsp3) is 0.385. The van der Waals surface area contributed by atoms with Gasteiger partial charge >= 0.3 is 27.3 Å². The lowest BCUT2D eigenvalue weighted by Gasteiger charge is -2.13. The summed E-state index contributed by atoms with van der Waals surface area (Å²) in [6.45, 7) is -1.94. The first-order valence-corrected chi connectivity index (χ1v) is 11.4. The Kier molecular flexibility index (Phi) is 9.34. The fourth-order valence-corrected chi connectivity index (χ4v) is 4.01. The van der Waals surface area contributed by atoms with Crippen molar-refractivity contribution >= 4 is 89.8 Å². The average molecular weight is 730 g/mol. The molecule has 7 nitrogen and oxygen atoms in total. The van der Waals surface area contributed by atoms with Gasteiger partial charge in [-0.25, -0.2) is 4.79 Å². The quantitative estimate of drug-likeness (QED) is 0.144. The molecule has 1 aromatic carbocycles.